The Labute approximate surface area is 236 Å². The lowest BCUT2D eigenvalue weighted by atomic mass is 9.95. The first-order chi connectivity index (χ1) is 19.0. The molecule has 0 N–H and O–H groups in total. The van der Waals surface area contributed by atoms with Gasteiger partial charge < -0.3 is 14.3 Å². The lowest BCUT2D eigenvalue weighted by Crippen LogP contribution is -2.47. The maximum Gasteiger partial charge on any atom is 0.247 e. The van der Waals surface area contributed by atoms with Crippen LogP contribution in [0.25, 0.3) is 0 Å². The molecule has 8 heteroatoms. The lowest BCUT2D eigenvalue weighted by molar-refractivity contribution is -0.0148. The Morgan fingerprint density at radius 3 is 2.28 bits per heavy atom. The van der Waals surface area contributed by atoms with Gasteiger partial charge in [0.2, 0.25) is 5.72 Å². The number of thioether (sulfide) groups is 1. The molecule has 2 aliphatic rings. The van der Waals surface area contributed by atoms with Gasteiger partial charge in [0.05, 0.1) is 29.9 Å². The van der Waals surface area contributed by atoms with E-state index in [1.165, 1.54) is 5.56 Å². The summed E-state index contributed by atoms with van der Waals surface area (Å²) in [7, 11) is 1.64. The minimum Gasteiger partial charge on any atom is -0.497 e. The third-order valence-electron chi connectivity index (χ3n) is 6.82. The van der Waals surface area contributed by atoms with E-state index in [0.717, 1.165) is 33.3 Å². The van der Waals surface area contributed by atoms with Crippen molar-refractivity contribution < 1.29 is 14.3 Å². The highest BCUT2D eigenvalue weighted by molar-refractivity contribution is 8.13. The number of aryl methyl sites for hydroxylation is 1. The summed E-state index contributed by atoms with van der Waals surface area (Å²) in [4.78, 5) is 13.6. The molecule has 1 atom stereocenters. The quantitative estimate of drug-likeness (QED) is 0.248. The molecule has 4 aromatic rings. The summed E-state index contributed by atoms with van der Waals surface area (Å²) in [5, 5.41) is 6.27. The zero-order valence-electron chi connectivity index (χ0n) is 21.7. The fraction of sp³-hybridized carbons (Fsp3) is 0.161. The average molecular weight is 556 g/mol. The van der Waals surface area contributed by atoms with Crippen LogP contribution in [0.2, 0.25) is 5.02 Å². The van der Waals surface area contributed by atoms with Gasteiger partial charge in [-0.3, -0.25) is 4.90 Å². The standard InChI is InChI=1S/C31H26ClN3O3S/c1-20-4-8-22(9-5-20)31-19-29(39-3)33-27-17-16-26(37-25-14-12-24(36-2)13-15-25)18-28(27)35(31)30(34-38-31)21-6-10-23(32)11-7-21/h4-18H,19H2,1-3H3. The SMILES string of the molecule is COc1ccc(Oc2ccc3c(c2)N2C(c4ccc(Cl)cc4)=NOC2(c2ccc(C)cc2)CC(SC)=N3)cc1. The Kier molecular flexibility index (Phi) is 6.71. The van der Waals surface area contributed by atoms with Crippen LogP contribution < -0.4 is 14.4 Å². The lowest BCUT2D eigenvalue weighted by Gasteiger charge is -2.37. The number of nitrogens with zero attached hydrogens (tertiary/aromatic N) is 3. The van der Waals surface area contributed by atoms with E-state index in [1.54, 1.807) is 18.9 Å². The molecule has 0 fully saturated rings. The highest BCUT2D eigenvalue weighted by Gasteiger charge is 2.51. The highest BCUT2D eigenvalue weighted by Crippen LogP contribution is 2.50. The maximum absolute atomic E-state index is 6.45. The predicted octanol–water partition coefficient (Wildman–Crippen LogP) is 8.30. The fourth-order valence-electron chi connectivity index (χ4n) is 4.79. The third-order valence-corrected chi connectivity index (χ3v) is 7.77. The van der Waals surface area contributed by atoms with Gasteiger partial charge in [-0.15, -0.1) is 11.8 Å². The van der Waals surface area contributed by atoms with Crippen LogP contribution in [0.4, 0.5) is 11.4 Å². The first-order valence-corrected chi connectivity index (χ1v) is 14.1. The van der Waals surface area contributed by atoms with Crippen molar-refractivity contribution in [2.75, 3.05) is 18.3 Å². The van der Waals surface area contributed by atoms with Gasteiger partial charge in [0.1, 0.15) is 17.2 Å². The number of amidine groups is 1. The van der Waals surface area contributed by atoms with Gasteiger partial charge in [-0.25, -0.2) is 4.99 Å². The molecule has 39 heavy (non-hydrogen) atoms. The second kappa shape index (κ2) is 10.3. The van der Waals surface area contributed by atoms with Crippen LogP contribution in [0.1, 0.15) is 23.1 Å². The van der Waals surface area contributed by atoms with Crippen LogP contribution in [0.3, 0.4) is 0 Å². The summed E-state index contributed by atoms with van der Waals surface area (Å²) in [6.45, 7) is 2.07. The number of fused-ring (bicyclic) bond motifs is 3. The highest BCUT2D eigenvalue weighted by atomic mass is 35.5. The van der Waals surface area contributed by atoms with E-state index in [2.05, 4.69) is 41.2 Å². The first-order valence-electron chi connectivity index (χ1n) is 12.5. The van der Waals surface area contributed by atoms with Gasteiger partial charge in [-0.05, 0) is 73.8 Å². The van der Waals surface area contributed by atoms with Crippen molar-refractivity contribution in [2.24, 2.45) is 10.1 Å². The van der Waals surface area contributed by atoms with Crippen molar-refractivity contribution in [3.63, 3.8) is 0 Å². The Hall–Kier alpha value is -3.94. The molecule has 0 aliphatic carbocycles. The second-order valence-corrected chi connectivity index (χ2v) is 10.6. The van der Waals surface area contributed by atoms with Crippen molar-refractivity contribution in [2.45, 2.75) is 19.1 Å². The number of halogens is 1. The molecule has 2 aliphatic heterocycles. The molecule has 0 radical (unpaired) electrons. The number of oxime groups is 1. The number of aliphatic imine (C=N–C) groups is 1. The summed E-state index contributed by atoms with van der Waals surface area (Å²) in [6.07, 6.45) is 2.55. The first kappa shape index (κ1) is 25.3. The summed E-state index contributed by atoms with van der Waals surface area (Å²) >= 11 is 7.83. The van der Waals surface area contributed by atoms with Crippen LogP contribution in [0, 0.1) is 6.92 Å². The molecule has 0 bridgehead atoms. The van der Waals surface area contributed by atoms with Crippen LogP contribution in [0.15, 0.2) is 101 Å². The molecule has 1 unspecified atom stereocenters. The molecule has 2 heterocycles. The number of anilines is 1. The molecule has 0 saturated heterocycles. The van der Waals surface area contributed by atoms with Crippen molar-refractivity contribution in [3.8, 4) is 17.2 Å². The third kappa shape index (κ3) is 4.73. The predicted molar refractivity (Wildman–Crippen MR) is 159 cm³/mol. The fourth-order valence-corrected chi connectivity index (χ4v) is 5.44. The van der Waals surface area contributed by atoms with E-state index in [9.17, 15) is 0 Å². The van der Waals surface area contributed by atoms with Crippen LogP contribution >= 0.6 is 23.4 Å². The topological polar surface area (TPSA) is 55.7 Å². The summed E-state index contributed by atoms with van der Waals surface area (Å²) in [5.41, 5.74) is 3.74. The zero-order chi connectivity index (χ0) is 27.0. The summed E-state index contributed by atoms with van der Waals surface area (Å²) in [5.74, 6) is 2.81. The second-order valence-electron chi connectivity index (χ2n) is 9.31. The molecule has 0 amide bonds. The molecular formula is C31H26ClN3O3S. The minimum absolute atomic E-state index is 0.515. The maximum atomic E-state index is 6.45. The number of ether oxygens (including phenoxy) is 2. The number of hydrogen-bond donors (Lipinski definition) is 0. The summed E-state index contributed by atoms with van der Waals surface area (Å²) < 4.78 is 11.5. The average Bonchev–Trinajstić information content (AvgIpc) is 3.27. The smallest absolute Gasteiger partial charge is 0.247 e. The molecule has 0 saturated carbocycles. The Morgan fingerprint density at radius 2 is 1.59 bits per heavy atom. The van der Waals surface area contributed by atoms with Crippen LogP contribution in [-0.2, 0) is 10.6 Å². The van der Waals surface area contributed by atoms with E-state index in [4.69, 9.17) is 30.9 Å². The number of rotatable bonds is 5. The van der Waals surface area contributed by atoms with E-state index >= 15 is 0 Å². The van der Waals surface area contributed by atoms with Gasteiger partial charge in [0.15, 0.2) is 5.84 Å². The van der Waals surface area contributed by atoms with Crippen molar-refractivity contribution >= 4 is 45.6 Å². The van der Waals surface area contributed by atoms with E-state index in [1.807, 2.05) is 73.0 Å². The number of hydrogen-bond acceptors (Lipinski definition) is 7. The van der Waals surface area contributed by atoms with Crippen molar-refractivity contribution in [3.05, 3.63) is 113 Å². The van der Waals surface area contributed by atoms with Crippen LogP contribution in [0.5, 0.6) is 17.2 Å². The normalized spacial score (nSPS) is 17.8. The van der Waals surface area contributed by atoms with Crippen molar-refractivity contribution in [1.29, 1.82) is 0 Å². The molecule has 4 aromatic carbocycles. The number of benzene rings is 4. The molecule has 0 aromatic heterocycles. The number of methoxy groups -OCH3 is 1. The van der Waals surface area contributed by atoms with Gasteiger partial charge in [-0.1, -0.05) is 46.6 Å². The molecule has 6 nitrogen and oxygen atoms in total. The van der Waals surface area contributed by atoms with E-state index in [0.29, 0.717) is 28.8 Å². The Bertz CT molecular complexity index is 1570. The van der Waals surface area contributed by atoms with Crippen LogP contribution in [-0.4, -0.2) is 24.2 Å². The van der Waals surface area contributed by atoms with E-state index in [-0.39, 0.29) is 0 Å². The minimum atomic E-state index is -0.936. The van der Waals surface area contributed by atoms with Gasteiger partial charge in [0.25, 0.3) is 0 Å². The van der Waals surface area contributed by atoms with Crippen molar-refractivity contribution in [1.82, 2.24) is 0 Å². The monoisotopic (exact) mass is 555 g/mol. The molecule has 0 spiro atoms. The Morgan fingerprint density at radius 1 is 0.897 bits per heavy atom. The zero-order valence-corrected chi connectivity index (χ0v) is 23.3. The van der Waals surface area contributed by atoms with Gasteiger partial charge in [0, 0.05) is 22.2 Å². The van der Waals surface area contributed by atoms with Gasteiger partial charge in [-0.2, -0.15) is 0 Å². The molecular weight excluding hydrogens is 530 g/mol. The molecule has 6 rings (SSSR count). The largest absolute Gasteiger partial charge is 0.497 e. The molecule has 196 valence electrons. The Balaban J connectivity index is 1.52. The van der Waals surface area contributed by atoms with Gasteiger partial charge >= 0.3 is 0 Å². The van der Waals surface area contributed by atoms with E-state index < -0.39 is 5.72 Å². The summed E-state index contributed by atoms with van der Waals surface area (Å²) in [6, 6.07) is 29.4.